The minimum absolute atomic E-state index is 0.608. The first-order chi connectivity index (χ1) is 7.70. The van der Waals surface area contributed by atoms with Crippen molar-refractivity contribution >= 4 is 0 Å². The molecule has 90 valence electrons. The minimum atomic E-state index is 0.608. The molecule has 1 aliphatic rings. The molecule has 1 aromatic heterocycles. The Morgan fingerprint density at radius 2 is 2.19 bits per heavy atom. The van der Waals surface area contributed by atoms with E-state index in [2.05, 4.69) is 29.4 Å². The van der Waals surface area contributed by atoms with Crippen LogP contribution < -0.4 is 5.32 Å². The van der Waals surface area contributed by atoms with Crippen LogP contribution in [0, 0.1) is 18.8 Å². The van der Waals surface area contributed by atoms with Crippen LogP contribution in [0.25, 0.3) is 0 Å². The molecule has 0 saturated heterocycles. The molecule has 16 heavy (non-hydrogen) atoms. The van der Waals surface area contributed by atoms with Crippen LogP contribution in [-0.2, 0) is 6.54 Å². The summed E-state index contributed by atoms with van der Waals surface area (Å²) in [6.45, 7) is 7.15. The van der Waals surface area contributed by atoms with E-state index in [0.29, 0.717) is 24.4 Å². The summed E-state index contributed by atoms with van der Waals surface area (Å²) in [6.07, 6.45) is 3.91. The predicted octanol–water partition coefficient (Wildman–Crippen LogP) is 2.29. The highest BCUT2D eigenvalue weighted by Crippen LogP contribution is 2.33. The average Bonchev–Trinajstić information content (AvgIpc) is 2.83. The lowest BCUT2D eigenvalue weighted by Gasteiger charge is -2.20. The van der Waals surface area contributed by atoms with E-state index >= 15 is 0 Å². The van der Waals surface area contributed by atoms with Gasteiger partial charge >= 0.3 is 0 Å². The molecule has 1 fully saturated rings. The maximum absolute atomic E-state index is 5.35. The lowest BCUT2D eigenvalue weighted by molar-refractivity contribution is 0.331. The first-order valence-corrected chi connectivity index (χ1v) is 6.23. The van der Waals surface area contributed by atoms with Gasteiger partial charge in [0.05, 0.1) is 6.54 Å². The van der Waals surface area contributed by atoms with Crippen molar-refractivity contribution in [3.63, 3.8) is 0 Å². The van der Waals surface area contributed by atoms with Crippen LogP contribution in [0.2, 0.25) is 0 Å². The smallest absolute Gasteiger partial charge is 0.230 e. The standard InChI is InChI=1S/C12H21N3O/c1-4-10-5-6-11(8(10)2)13-7-12-15-14-9(3)16-12/h8,10-11,13H,4-7H2,1-3H3. The van der Waals surface area contributed by atoms with Crippen molar-refractivity contribution in [1.82, 2.24) is 15.5 Å². The Morgan fingerprint density at radius 3 is 2.75 bits per heavy atom. The zero-order valence-corrected chi connectivity index (χ0v) is 10.4. The van der Waals surface area contributed by atoms with Crippen LogP contribution in [0.15, 0.2) is 4.42 Å². The summed E-state index contributed by atoms with van der Waals surface area (Å²) in [5, 5.41) is 11.3. The molecule has 1 aliphatic carbocycles. The third kappa shape index (κ3) is 2.43. The molecule has 1 saturated carbocycles. The zero-order chi connectivity index (χ0) is 11.5. The first kappa shape index (κ1) is 11.6. The van der Waals surface area contributed by atoms with Crippen LogP contribution in [0.5, 0.6) is 0 Å². The maximum Gasteiger partial charge on any atom is 0.230 e. The SMILES string of the molecule is CCC1CCC(NCc2nnc(C)o2)C1C. The van der Waals surface area contributed by atoms with E-state index in [-0.39, 0.29) is 0 Å². The van der Waals surface area contributed by atoms with Crippen LogP contribution in [0.1, 0.15) is 44.9 Å². The Balaban J connectivity index is 1.83. The molecule has 0 aliphatic heterocycles. The predicted molar refractivity (Wildman–Crippen MR) is 61.8 cm³/mol. The van der Waals surface area contributed by atoms with Gasteiger partial charge in [0.2, 0.25) is 11.8 Å². The largest absolute Gasteiger partial charge is 0.424 e. The van der Waals surface area contributed by atoms with Gasteiger partial charge in [0, 0.05) is 13.0 Å². The molecule has 3 atom stereocenters. The fraction of sp³-hybridized carbons (Fsp3) is 0.833. The molecule has 0 spiro atoms. The normalized spacial score (nSPS) is 29.8. The Hall–Kier alpha value is -0.900. The lowest BCUT2D eigenvalue weighted by atomic mass is 9.93. The molecule has 0 bridgehead atoms. The summed E-state index contributed by atoms with van der Waals surface area (Å²) < 4.78 is 5.35. The molecule has 2 rings (SSSR count). The van der Waals surface area contributed by atoms with Gasteiger partial charge in [-0.3, -0.25) is 0 Å². The molecule has 1 N–H and O–H groups in total. The van der Waals surface area contributed by atoms with Crippen LogP contribution in [0.3, 0.4) is 0 Å². The van der Waals surface area contributed by atoms with Crippen LogP contribution in [-0.4, -0.2) is 16.2 Å². The molecule has 1 heterocycles. The Morgan fingerprint density at radius 1 is 1.38 bits per heavy atom. The van der Waals surface area contributed by atoms with Crippen molar-refractivity contribution < 1.29 is 4.42 Å². The number of hydrogen-bond acceptors (Lipinski definition) is 4. The average molecular weight is 223 g/mol. The van der Waals surface area contributed by atoms with E-state index in [4.69, 9.17) is 4.42 Å². The van der Waals surface area contributed by atoms with E-state index in [9.17, 15) is 0 Å². The third-order valence-electron chi connectivity index (χ3n) is 3.83. The van der Waals surface area contributed by atoms with Gasteiger partial charge in [-0.15, -0.1) is 10.2 Å². The van der Waals surface area contributed by atoms with Gasteiger partial charge < -0.3 is 9.73 Å². The summed E-state index contributed by atoms with van der Waals surface area (Å²) in [5.74, 6) is 2.98. The minimum Gasteiger partial charge on any atom is -0.424 e. The van der Waals surface area contributed by atoms with E-state index in [1.54, 1.807) is 0 Å². The van der Waals surface area contributed by atoms with Crippen molar-refractivity contribution in [2.45, 2.75) is 52.6 Å². The van der Waals surface area contributed by atoms with Crippen molar-refractivity contribution in [2.75, 3.05) is 0 Å². The molecule has 0 amide bonds. The maximum atomic E-state index is 5.35. The van der Waals surface area contributed by atoms with Gasteiger partial charge in [-0.1, -0.05) is 20.3 Å². The van der Waals surface area contributed by atoms with Crippen molar-refractivity contribution in [1.29, 1.82) is 0 Å². The van der Waals surface area contributed by atoms with E-state index in [0.717, 1.165) is 11.8 Å². The molecule has 0 radical (unpaired) electrons. The Bertz CT molecular complexity index is 337. The fourth-order valence-electron chi connectivity index (χ4n) is 2.74. The molecule has 1 aromatic rings. The summed E-state index contributed by atoms with van der Waals surface area (Å²) in [4.78, 5) is 0. The number of nitrogens with zero attached hydrogens (tertiary/aromatic N) is 2. The molecule has 3 unspecified atom stereocenters. The number of hydrogen-bond donors (Lipinski definition) is 1. The Kier molecular flexibility index (Phi) is 3.59. The van der Waals surface area contributed by atoms with Crippen molar-refractivity contribution in [3.05, 3.63) is 11.8 Å². The second-order valence-electron chi connectivity index (χ2n) is 4.81. The van der Waals surface area contributed by atoms with Gasteiger partial charge in [0.15, 0.2) is 0 Å². The van der Waals surface area contributed by atoms with Crippen molar-refractivity contribution in [2.24, 2.45) is 11.8 Å². The Labute approximate surface area is 96.8 Å². The van der Waals surface area contributed by atoms with Crippen LogP contribution >= 0.6 is 0 Å². The highest BCUT2D eigenvalue weighted by molar-refractivity contribution is 4.88. The molecule has 4 heteroatoms. The summed E-state index contributed by atoms with van der Waals surface area (Å²) in [6, 6.07) is 0.608. The number of aryl methyl sites for hydroxylation is 1. The van der Waals surface area contributed by atoms with E-state index in [1.807, 2.05) is 6.92 Å². The number of nitrogens with one attached hydrogen (secondary N) is 1. The second-order valence-corrected chi connectivity index (χ2v) is 4.81. The van der Waals surface area contributed by atoms with Crippen molar-refractivity contribution in [3.8, 4) is 0 Å². The number of rotatable bonds is 4. The summed E-state index contributed by atoms with van der Waals surface area (Å²) in [7, 11) is 0. The second kappa shape index (κ2) is 4.95. The highest BCUT2D eigenvalue weighted by atomic mass is 16.4. The molecule has 4 nitrogen and oxygen atoms in total. The van der Waals surface area contributed by atoms with Gasteiger partial charge in [-0.2, -0.15) is 0 Å². The summed E-state index contributed by atoms with van der Waals surface area (Å²) >= 11 is 0. The zero-order valence-electron chi connectivity index (χ0n) is 10.4. The topological polar surface area (TPSA) is 51.0 Å². The molecular formula is C12H21N3O. The first-order valence-electron chi connectivity index (χ1n) is 6.23. The van der Waals surface area contributed by atoms with Gasteiger partial charge in [0.1, 0.15) is 0 Å². The molecule has 0 aromatic carbocycles. The number of aromatic nitrogens is 2. The molecular weight excluding hydrogens is 202 g/mol. The van der Waals surface area contributed by atoms with E-state index in [1.165, 1.54) is 19.3 Å². The van der Waals surface area contributed by atoms with Gasteiger partial charge in [-0.25, -0.2) is 0 Å². The quantitative estimate of drug-likeness (QED) is 0.851. The highest BCUT2D eigenvalue weighted by Gasteiger charge is 2.31. The van der Waals surface area contributed by atoms with E-state index < -0.39 is 0 Å². The van der Waals surface area contributed by atoms with Gasteiger partial charge in [0.25, 0.3) is 0 Å². The third-order valence-corrected chi connectivity index (χ3v) is 3.83. The fourth-order valence-corrected chi connectivity index (χ4v) is 2.74. The summed E-state index contributed by atoms with van der Waals surface area (Å²) in [5.41, 5.74) is 0. The lowest BCUT2D eigenvalue weighted by Crippen LogP contribution is -2.32. The van der Waals surface area contributed by atoms with Gasteiger partial charge in [-0.05, 0) is 24.7 Å². The van der Waals surface area contributed by atoms with Crippen LogP contribution in [0.4, 0.5) is 0 Å². The monoisotopic (exact) mass is 223 g/mol.